The third-order valence-corrected chi connectivity index (χ3v) is 2.36. The molecule has 0 saturated heterocycles. The van der Waals surface area contributed by atoms with E-state index >= 15 is 0 Å². The average Bonchev–Trinajstić information content (AvgIpc) is 2.32. The third-order valence-electron chi connectivity index (χ3n) is 2.36. The molecule has 1 aromatic rings. The van der Waals surface area contributed by atoms with Gasteiger partial charge in [0.1, 0.15) is 0 Å². The van der Waals surface area contributed by atoms with Crippen molar-refractivity contribution in [2.75, 3.05) is 18.8 Å². The lowest BCUT2D eigenvalue weighted by molar-refractivity contribution is -0.120. The largest absolute Gasteiger partial charge is 0.397 e. The van der Waals surface area contributed by atoms with Crippen molar-refractivity contribution in [1.29, 1.82) is 0 Å². The summed E-state index contributed by atoms with van der Waals surface area (Å²) >= 11 is 0. The van der Waals surface area contributed by atoms with Crippen LogP contribution in [0.15, 0.2) is 12.3 Å². The maximum absolute atomic E-state index is 11.8. The van der Waals surface area contributed by atoms with E-state index in [-0.39, 0.29) is 18.2 Å². The summed E-state index contributed by atoms with van der Waals surface area (Å²) in [7, 11) is 0. The molecule has 1 heterocycles. The topological polar surface area (TPSA) is 97.1 Å². The van der Waals surface area contributed by atoms with E-state index in [1.807, 2.05) is 6.92 Å². The van der Waals surface area contributed by atoms with Gasteiger partial charge in [0.25, 0.3) is 5.91 Å². The Morgan fingerprint density at radius 1 is 1.39 bits per heavy atom. The predicted molar refractivity (Wildman–Crippen MR) is 69.0 cm³/mol. The molecular weight excluding hydrogens is 232 g/mol. The summed E-state index contributed by atoms with van der Waals surface area (Å²) in [6.45, 7) is 4.46. The highest BCUT2D eigenvalue weighted by Gasteiger charge is 2.10. The van der Waals surface area contributed by atoms with Crippen LogP contribution in [-0.4, -0.2) is 29.9 Å². The zero-order chi connectivity index (χ0) is 13.5. The van der Waals surface area contributed by atoms with E-state index in [1.165, 1.54) is 6.20 Å². The van der Waals surface area contributed by atoms with Crippen LogP contribution >= 0.6 is 0 Å². The van der Waals surface area contributed by atoms with Crippen molar-refractivity contribution in [1.82, 2.24) is 15.6 Å². The standard InChI is InChI=1S/C12H18N4O2/c1-3-14-11(17)4-5-15-12(18)10-6-9(13)7-16-8(10)2/h6-7H,3-5,13H2,1-2H3,(H,14,17)(H,15,18). The van der Waals surface area contributed by atoms with Gasteiger partial charge in [-0.1, -0.05) is 0 Å². The molecule has 0 atom stereocenters. The molecule has 2 amide bonds. The van der Waals surface area contributed by atoms with Gasteiger partial charge in [0.05, 0.1) is 23.1 Å². The predicted octanol–water partition coefficient (Wildman–Crippen LogP) is 0.228. The van der Waals surface area contributed by atoms with Gasteiger partial charge in [0.15, 0.2) is 0 Å². The van der Waals surface area contributed by atoms with Crippen LogP contribution in [0.2, 0.25) is 0 Å². The number of aromatic nitrogens is 1. The number of carbonyl (C=O) groups excluding carboxylic acids is 2. The molecule has 6 nitrogen and oxygen atoms in total. The van der Waals surface area contributed by atoms with E-state index < -0.39 is 0 Å². The monoisotopic (exact) mass is 250 g/mol. The second kappa shape index (κ2) is 6.58. The Morgan fingerprint density at radius 3 is 2.78 bits per heavy atom. The fourth-order valence-electron chi connectivity index (χ4n) is 1.45. The zero-order valence-corrected chi connectivity index (χ0v) is 10.6. The summed E-state index contributed by atoms with van der Waals surface area (Å²) < 4.78 is 0. The van der Waals surface area contributed by atoms with E-state index in [4.69, 9.17) is 5.73 Å². The van der Waals surface area contributed by atoms with Gasteiger partial charge in [-0.05, 0) is 19.9 Å². The molecule has 0 aromatic carbocycles. The Hall–Kier alpha value is -2.11. The Morgan fingerprint density at radius 2 is 2.11 bits per heavy atom. The van der Waals surface area contributed by atoms with Crippen LogP contribution in [0.4, 0.5) is 5.69 Å². The Bertz CT molecular complexity index is 446. The van der Waals surface area contributed by atoms with Gasteiger partial charge in [-0.3, -0.25) is 14.6 Å². The van der Waals surface area contributed by atoms with E-state index in [1.54, 1.807) is 13.0 Å². The number of nitrogens with two attached hydrogens (primary N) is 1. The maximum atomic E-state index is 11.8. The van der Waals surface area contributed by atoms with Crippen LogP contribution in [0.1, 0.15) is 29.4 Å². The first kappa shape index (κ1) is 14.0. The fraction of sp³-hybridized carbons (Fsp3) is 0.417. The quantitative estimate of drug-likeness (QED) is 0.696. The maximum Gasteiger partial charge on any atom is 0.253 e. The minimum atomic E-state index is -0.267. The number of anilines is 1. The molecule has 0 spiro atoms. The molecule has 0 fully saturated rings. The lowest BCUT2D eigenvalue weighted by atomic mass is 10.2. The van der Waals surface area contributed by atoms with Crippen molar-refractivity contribution >= 4 is 17.5 Å². The smallest absolute Gasteiger partial charge is 0.253 e. The normalized spacial score (nSPS) is 9.89. The first-order valence-corrected chi connectivity index (χ1v) is 5.81. The Labute approximate surface area is 106 Å². The van der Waals surface area contributed by atoms with Gasteiger partial charge >= 0.3 is 0 Å². The molecule has 98 valence electrons. The molecular formula is C12H18N4O2. The number of nitrogen functional groups attached to an aromatic ring is 1. The summed E-state index contributed by atoms with van der Waals surface area (Å²) in [5.41, 5.74) is 7.06. The number of nitrogens with zero attached hydrogens (tertiary/aromatic N) is 1. The van der Waals surface area contributed by atoms with Gasteiger partial charge in [-0.25, -0.2) is 0 Å². The van der Waals surface area contributed by atoms with Crippen molar-refractivity contribution in [2.45, 2.75) is 20.3 Å². The Kier molecular flexibility index (Phi) is 5.10. The second-order valence-electron chi connectivity index (χ2n) is 3.86. The SMILES string of the molecule is CCNC(=O)CCNC(=O)c1cc(N)cnc1C. The van der Waals surface area contributed by atoms with Gasteiger partial charge < -0.3 is 16.4 Å². The molecule has 6 heteroatoms. The van der Waals surface area contributed by atoms with Gasteiger partial charge in [0, 0.05) is 19.5 Å². The molecule has 1 rings (SSSR count). The lowest BCUT2D eigenvalue weighted by Gasteiger charge is -2.07. The molecule has 0 aliphatic rings. The van der Waals surface area contributed by atoms with Crippen LogP contribution in [-0.2, 0) is 4.79 Å². The fourth-order valence-corrected chi connectivity index (χ4v) is 1.45. The highest BCUT2D eigenvalue weighted by molar-refractivity contribution is 5.96. The van der Waals surface area contributed by atoms with E-state index in [0.29, 0.717) is 30.0 Å². The zero-order valence-electron chi connectivity index (χ0n) is 10.6. The molecule has 18 heavy (non-hydrogen) atoms. The summed E-state index contributed by atoms with van der Waals surface area (Å²) in [6, 6.07) is 1.57. The molecule has 1 aromatic heterocycles. The molecule has 0 aliphatic carbocycles. The average molecular weight is 250 g/mol. The summed E-state index contributed by atoms with van der Waals surface area (Å²) in [6.07, 6.45) is 1.76. The summed E-state index contributed by atoms with van der Waals surface area (Å²) in [5, 5.41) is 5.32. The third kappa shape index (κ3) is 4.04. The number of rotatable bonds is 5. The van der Waals surface area contributed by atoms with Crippen molar-refractivity contribution in [3.05, 3.63) is 23.5 Å². The first-order chi connectivity index (χ1) is 8.54. The molecule has 4 N–H and O–H groups in total. The lowest BCUT2D eigenvalue weighted by Crippen LogP contribution is -2.31. The van der Waals surface area contributed by atoms with E-state index in [2.05, 4.69) is 15.6 Å². The highest BCUT2D eigenvalue weighted by Crippen LogP contribution is 2.09. The van der Waals surface area contributed by atoms with Crippen LogP contribution in [0.5, 0.6) is 0 Å². The molecule has 0 bridgehead atoms. The van der Waals surface area contributed by atoms with Crippen LogP contribution < -0.4 is 16.4 Å². The second-order valence-corrected chi connectivity index (χ2v) is 3.86. The van der Waals surface area contributed by atoms with Gasteiger partial charge in [-0.2, -0.15) is 0 Å². The van der Waals surface area contributed by atoms with E-state index in [0.717, 1.165) is 0 Å². The van der Waals surface area contributed by atoms with Gasteiger partial charge in [-0.15, -0.1) is 0 Å². The van der Waals surface area contributed by atoms with Crippen LogP contribution in [0, 0.1) is 6.92 Å². The number of aryl methyl sites for hydroxylation is 1. The van der Waals surface area contributed by atoms with Crippen molar-refractivity contribution in [2.24, 2.45) is 0 Å². The van der Waals surface area contributed by atoms with Crippen LogP contribution in [0.25, 0.3) is 0 Å². The van der Waals surface area contributed by atoms with Crippen molar-refractivity contribution in [3.8, 4) is 0 Å². The number of amides is 2. The van der Waals surface area contributed by atoms with E-state index in [9.17, 15) is 9.59 Å². The minimum absolute atomic E-state index is 0.0831. The number of carbonyl (C=O) groups is 2. The molecule has 0 radical (unpaired) electrons. The number of pyridine rings is 1. The van der Waals surface area contributed by atoms with Gasteiger partial charge in [0.2, 0.25) is 5.91 Å². The number of nitrogens with one attached hydrogen (secondary N) is 2. The number of hydrogen-bond donors (Lipinski definition) is 3. The molecule has 0 saturated carbocycles. The molecule has 0 aliphatic heterocycles. The van der Waals surface area contributed by atoms with Crippen molar-refractivity contribution < 1.29 is 9.59 Å². The summed E-state index contributed by atoms with van der Waals surface area (Å²) in [5.74, 6) is -0.350. The summed E-state index contributed by atoms with van der Waals surface area (Å²) in [4.78, 5) is 27.0. The first-order valence-electron chi connectivity index (χ1n) is 5.81. The van der Waals surface area contributed by atoms with Crippen LogP contribution in [0.3, 0.4) is 0 Å². The highest BCUT2D eigenvalue weighted by atomic mass is 16.2. The Balaban J connectivity index is 2.50. The number of hydrogen-bond acceptors (Lipinski definition) is 4. The molecule has 0 unspecified atom stereocenters. The minimum Gasteiger partial charge on any atom is -0.397 e. The van der Waals surface area contributed by atoms with Crippen molar-refractivity contribution in [3.63, 3.8) is 0 Å².